The fraction of sp³-hybridized carbons (Fsp3) is 0.400. The minimum atomic E-state index is 0.792. The summed E-state index contributed by atoms with van der Waals surface area (Å²) in [4.78, 5) is 6.97. The molecule has 0 unspecified atom stereocenters. The molecule has 1 aromatic heterocycles. The quantitative estimate of drug-likeness (QED) is 0.867. The Kier molecular flexibility index (Phi) is 3.33. The number of nitrogens with zero attached hydrogens (tertiary/aromatic N) is 2. The largest absolute Gasteiger partial charge is 0.367 e. The predicted octanol–water partition coefficient (Wildman–Crippen LogP) is 2.91. The molecule has 0 saturated carbocycles. The van der Waals surface area contributed by atoms with Gasteiger partial charge in [-0.05, 0) is 26.0 Å². The van der Waals surface area contributed by atoms with Crippen LogP contribution in [0.2, 0.25) is 5.02 Å². The number of benzene rings is 1. The Labute approximate surface area is 118 Å². The summed E-state index contributed by atoms with van der Waals surface area (Å²) in [6, 6.07) is 6.37. The Morgan fingerprint density at radius 1 is 1.21 bits per heavy atom. The summed E-state index contributed by atoms with van der Waals surface area (Å²) >= 11 is 6.53. The normalized spacial score (nSPS) is 16.1. The molecule has 2 aromatic rings. The molecule has 3 nitrogen and oxygen atoms in total. The van der Waals surface area contributed by atoms with Gasteiger partial charge in [0.1, 0.15) is 0 Å². The van der Waals surface area contributed by atoms with E-state index >= 15 is 0 Å². The fourth-order valence-corrected chi connectivity index (χ4v) is 2.92. The molecule has 0 amide bonds. The third-order valence-corrected chi connectivity index (χ3v) is 4.11. The van der Waals surface area contributed by atoms with E-state index in [-0.39, 0.29) is 0 Å². The Hall–Kier alpha value is -1.32. The van der Waals surface area contributed by atoms with Crippen LogP contribution in [-0.2, 0) is 0 Å². The first-order valence-corrected chi connectivity index (χ1v) is 7.07. The molecule has 0 radical (unpaired) electrons. The van der Waals surface area contributed by atoms with E-state index in [9.17, 15) is 0 Å². The molecular formula is C15H18ClN3. The number of aryl methyl sites for hydroxylation is 2. The van der Waals surface area contributed by atoms with Crippen LogP contribution in [0.3, 0.4) is 0 Å². The van der Waals surface area contributed by atoms with Crippen LogP contribution < -0.4 is 10.2 Å². The van der Waals surface area contributed by atoms with Crippen LogP contribution in [0, 0.1) is 13.8 Å². The summed E-state index contributed by atoms with van der Waals surface area (Å²) in [5, 5.41) is 5.33. The first-order valence-electron chi connectivity index (χ1n) is 6.69. The molecule has 0 aliphatic carbocycles. The van der Waals surface area contributed by atoms with Crippen molar-refractivity contribution < 1.29 is 0 Å². The second kappa shape index (κ2) is 4.99. The number of aromatic nitrogens is 1. The van der Waals surface area contributed by atoms with Crippen LogP contribution in [0.5, 0.6) is 0 Å². The summed E-state index contributed by atoms with van der Waals surface area (Å²) < 4.78 is 0. The summed E-state index contributed by atoms with van der Waals surface area (Å²) in [6.45, 7) is 8.08. The average Bonchev–Trinajstić information content (AvgIpc) is 2.42. The van der Waals surface area contributed by atoms with Crippen molar-refractivity contribution in [2.24, 2.45) is 0 Å². The Morgan fingerprint density at radius 3 is 2.68 bits per heavy atom. The smallest absolute Gasteiger partial charge is 0.0858 e. The van der Waals surface area contributed by atoms with Crippen molar-refractivity contribution in [3.63, 3.8) is 0 Å². The second-order valence-electron chi connectivity index (χ2n) is 5.12. The number of halogens is 1. The van der Waals surface area contributed by atoms with Gasteiger partial charge in [-0.1, -0.05) is 23.2 Å². The van der Waals surface area contributed by atoms with E-state index in [1.54, 1.807) is 0 Å². The monoisotopic (exact) mass is 275 g/mol. The number of hydrogen-bond acceptors (Lipinski definition) is 3. The summed E-state index contributed by atoms with van der Waals surface area (Å²) in [5.41, 5.74) is 4.33. The highest BCUT2D eigenvalue weighted by molar-refractivity contribution is 6.35. The molecule has 1 N–H and O–H groups in total. The van der Waals surface area contributed by atoms with Crippen LogP contribution in [0.25, 0.3) is 10.9 Å². The zero-order valence-corrected chi connectivity index (χ0v) is 12.1. The summed E-state index contributed by atoms with van der Waals surface area (Å²) in [5.74, 6) is 0. The molecule has 1 aliphatic rings. The van der Waals surface area contributed by atoms with Gasteiger partial charge in [-0.25, -0.2) is 0 Å². The molecule has 0 spiro atoms. The average molecular weight is 276 g/mol. The minimum absolute atomic E-state index is 0.792. The lowest BCUT2D eigenvalue weighted by Gasteiger charge is -2.31. The van der Waals surface area contributed by atoms with E-state index < -0.39 is 0 Å². The molecule has 4 heteroatoms. The Bertz CT molecular complexity index is 618. The van der Waals surface area contributed by atoms with E-state index in [0.717, 1.165) is 53.5 Å². The van der Waals surface area contributed by atoms with Gasteiger partial charge in [0, 0.05) is 31.6 Å². The molecule has 2 heterocycles. The molecular weight excluding hydrogens is 258 g/mol. The van der Waals surface area contributed by atoms with Gasteiger partial charge in [-0.15, -0.1) is 0 Å². The van der Waals surface area contributed by atoms with Crippen molar-refractivity contribution >= 4 is 28.2 Å². The number of anilines is 1. The van der Waals surface area contributed by atoms with Crippen LogP contribution in [0.1, 0.15) is 11.3 Å². The lowest BCUT2D eigenvalue weighted by molar-refractivity contribution is 0.590. The maximum atomic E-state index is 6.53. The van der Waals surface area contributed by atoms with Gasteiger partial charge < -0.3 is 10.2 Å². The predicted molar refractivity (Wildman–Crippen MR) is 81.3 cm³/mol. The molecule has 1 aromatic carbocycles. The number of hydrogen-bond donors (Lipinski definition) is 1. The van der Waals surface area contributed by atoms with Crippen molar-refractivity contribution in [1.29, 1.82) is 0 Å². The number of pyridine rings is 1. The molecule has 0 atom stereocenters. The highest BCUT2D eigenvalue weighted by Gasteiger charge is 2.19. The molecule has 19 heavy (non-hydrogen) atoms. The number of fused-ring (bicyclic) bond motifs is 1. The van der Waals surface area contributed by atoms with Gasteiger partial charge in [0.15, 0.2) is 0 Å². The second-order valence-corrected chi connectivity index (χ2v) is 5.50. The van der Waals surface area contributed by atoms with Crippen LogP contribution in [-0.4, -0.2) is 31.2 Å². The molecule has 1 aliphatic heterocycles. The Morgan fingerprint density at radius 2 is 1.95 bits per heavy atom. The van der Waals surface area contributed by atoms with E-state index in [4.69, 9.17) is 11.6 Å². The standard InChI is InChI=1S/C15H18ClN3/c1-10-3-4-13-12(9-10)15(14(16)11(2)18-13)19-7-5-17-6-8-19/h3-4,9,17H,5-8H2,1-2H3. The SMILES string of the molecule is Cc1ccc2nc(C)c(Cl)c(N3CCNCC3)c2c1. The van der Waals surface area contributed by atoms with E-state index in [1.165, 1.54) is 5.56 Å². The summed E-state index contributed by atoms with van der Waals surface area (Å²) in [6.07, 6.45) is 0. The summed E-state index contributed by atoms with van der Waals surface area (Å²) in [7, 11) is 0. The fourth-order valence-electron chi connectivity index (χ4n) is 2.65. The third kappa shape index (κ3) is 2.28. The van der Waals surface area contributed by atoms with Crippen LogP contribution in [0.4, 0.5) is 5.69 Å². The minimum Gasteiger partial charge on any atom is -0.367 e. The molecule has 1 fully saturated rings. The highest BCUT2D eigenvalue weighted by atomic mass is 35.5. The van der Waals surface area contributed by atoms with Crippen LogP contribution in [0.15, 0.2) is 18.2 Å². The lowest BCUT2D eigenvalue weighted by Crippen LogP contribution is -2.43. The highest BCUT2D eigenvalue weighted by Crippen LogP contribution is 2.35. The number of rotatable bonds is 1. The topological polar surface area (TPSA) is 28.2 Å². The van der Waals surface area contributed by atoms with Crippen molar-refractivity contribution in [3.05, 3.63) is 34.5 Å². The first-order chi connectivity index (χ1) is 9.16. The lowest BCUT2D eigenvalue weighted by atomic mass is 10.1. The molecule has 100 valence electrons. The van der Waals surface area contributed by atoms with Gasteiger partial charge >= 0.3 is 0 Å². The van der Waals surface area contributed by atoms with Gasteiger partial charge in [-0.3, -0.25) is 4.98 Å². The van der Waals surface area contributed by atoms with Crippen molar-refractivity contribution in [1.82, 2.24) is 10.3 Å². The van der Waals surface area contributed by atoms with Crippen molar-refractivity contribution in [2.75, 3.05) is 31.1 Å². The zero-order valence-electron chi connectivity index (χ0n) is 11.3. The van der Waals surface area contributed by atoms with E-state index in [0.29, 0.717) is 0 Å². The number of piperazine rings is 1. The first kappa shape index (κ1) is 12.7. The third-order valence-electron chi connectivity index (χ3n) is 3.65. The maximum absolute atomic E-state index is 6.53. The van der Waals surface area contributed by atoms with Crippen molar-refractivity contribution in [2.45, 2.75) is 13.8 Å². The van der Waals surface area contributed by atoms with E-state index in [2.05, 4.69) is 40.3 Å². The number of nitrogens with one attached hydrogen (secondary N) is 1. The molecule has 1 saturated heterocycles. The van der Waals surface area contributed by atoms with Gasteiger partial charge in [0.25, 0.3) is 0 Å². The van der Waals surface area contributed by atoms with Gasteiger partial charge in [-0.2, -0.15) is 0 Å². The van der Waals surface area contributed by atoms with Crippen LogP contribution >= 0.6 is 11.6 Å². The molecule has 0 bridgehead atoms. The van der Waals surface area contributed by atoms with E-state index in [1.807, 2.05) is 6.92 Å². The van der Waals surface area contributed by atoms with Crippen molar-refractivity contribution in [3.8, 4) is 0 Å². The van der Waals surface area contributed by atoms with Gasteiger partial charge in [0.2, 0.25) is 0 Å². The molecule has 3 rings (SSSR count). The maximum Gasteiger partial charge on any atom is 0.0858 e. The Balaban J connectivity index is 2.24. The zero-order chi connectivity index (χ0) is 13.4. The van der Waals surface area contributed by atoms with Gasteiger partial charge in [0.05, 0.1) is 21.9 Å².